The van der Waals surface area contributed by atoms with E-state index in [1.165, 1.54) is 12.2 Å². The van der Waals surface area contributed by atoms with Crippen LogP contribution in [0.1, 0.15) is 20.3 Å². The van der Waals surface area contributed by atoms with Crippen LogP contribution in [0.15, 0.2) is 24.3 Å². The SMILES string of the molecule is C[C@@H]1C[C@@H](C)OC2(C=CC(=O)C=C2)O1. The summed E-state index contributed by atoms with van der Waals surface area (Å²) in [5.41, 5.74) is 0. The van der Waals surface area contributed by atoms with Crippen LogP contribution < -0.4 is 0 Å². The third kappa shape index (κ3) is 1.79. The van der Waals surface area contributed by atoms with Crippen LogP contribution in [0.3, 0.4) is 0 Å². The van der Waals surface area contributed by atoms with Gasteiger partial charge in [-0.1, -0.05) is 0 Å². The quantitative estimate of drug-likeness (QED) is 0.587. The third-order valence-electron chi connectivity index (χ3n) is 2.39. The van der Waals surface area contributed by atoms with Crippen molar-refractivity contribution >= 4 is 5.78 Å². The number of hydrogen-bond acceptors (Lipinski definition) is 3. The van der Waals surface area contributed by atoms with E-state index in [-0.39, 0.29) is 18.0 Å². The zero-order valence-electron chi connectivity index (χ0n) is 8.40. The van der Waals surface area contributed by atoms with Crippen molar-refractivity contribution in [2.24, 2.45) is 0 Å². The largest absolute Gasteiger partial charge is 0.340 e. The van der Waals surface area contributed by atoms with Gasteiger partial charge in [0.2, 0.25) is 5.79 Å². The van der Waals surface area contributed by atoms with Crippen LogP contribution in [0, 0.1) is 0 Å². The predicted molar refractivity (Wildman–Crippen MR) is 51.7 cm³/mol. The molecule has 0 amide bonds. The Labute approximate surface area is 83.4 Å². The zero-order valence-corrected chi connectivity index (χ0v) is 8.40. The van der Waals surface area contributed by atoms with E-state index < -0.39 is 5.79 Å². The van der Waals surface area contributed by atoms with Crippen molar-refractivity contribution in [3.05, 3.63) is 24.3 Å². The normalized spacial score (nSPS) is 35.1. The average Bonchev–Trinajstić information content (AvgIpc) is 2.09. The Balaban J connectivity index is 2.19. The number of carbonyl (C=O) groups excluding carboxylic acids is 1. The van der Waals surface area contributed by atoms with Gasteiger partial charge in [0.1, 0.15) is 0 Å². The lowest BCUT2D eigenvalue weighted by Gasteiger charge is -2.40. The van der Waals surface area contributed by atoms with Crippen LogP contribution in [-0.2, 0) is 14.3 Å². The van der Waals surface area contributed by atoms with Gasteiger partial charge in [-0.25, -0.2) is 0 Å². The number of hydrogen-bond donors (Lipinski definition) is 0. The Kier molecular flexibility index (Phi) is 2.29. The smallest absolute Gasteiger partial charge is 0.209 e. The molecule has 14 heavy (non-hydrogen) atoms. The van der Waals surface area contributed by atoms with Crippen LogP contribution in [0.5, 0.6) is 0 Å². The second kappa shape index (κ2) is 3.33. The first kappa shape index (κ1) is 9.62. The molecule has 1 saturated heterocycles. The van der Waals surface area contributed by atoms with Gasteiger partial charge in [0.15, 0.2) is 5.78 Å². The van der Waals surface area contributed by atoms with Crippen LogP contribution in [-0.4, -0.2) is 23.8 Å². The summed E-state index contributed by atoms with van der Waals surface area (Å²) in [5, 5.41) is 0. The fourth-order valence-electron chi connectivity index (χ4n) is 1.89. The van der Waals surface area contributed by atoms with Crippen LogP contribution in [0.25, 0.3) is 0 Å². The molecule has 76 valence electrons. The molecular formula is C11H14O3. The lowest BCUT2D eigenvalue weighted by atomic mass is 10.0. The van der Waals surface area contributed by atoms with Crippen molar-refractivity contribution in [2.45, 2.75) is 38.3 Å². The molecule has 3 nitrogen and oxygen atoms in total. The first-order valence-electron chi connectivity index (χ1n) is 4.88. The molecule has 2 aliphatic rings. The van der Waals surface area contributed by atoms with E-state index in [4.69, 9.17) is 9.47 Å². The minimum atomic E-state index is -0.801. The topological polar surface area (TPSA) is 35.5 Å². The molecule has 2 atom stereocenters. The highest BCUT2D eigenvalue weighted by atomic mass is 16.7. The van der Waals surface area contributed by atoms with Gasteiger partial charge in [-0.05, 0) is 44.6 Å². The van der Waals surface area contributed by atoms with Gasteiger partial charge in [-0.2, -0.15) is 0 Å². The fourth-order valence-corrected chi connectivity index (χ4v) is 1.89. The van der Waals surface area contributed by atoms with Crippen LogP contribution >= 0.6 is 0 Å². The van der Waals surface area contributed by atoms with Crippen LogP contribution in [0.2, 0.25) is 0 Å². The molecule has 0 aromatic carbocycles. The highest BCUT2D eigenvalue weighted by molar-refractivity contribution is 6.00. The molecule has 0 aromatic heterocycles. The Morgan fingerprint density at radius 3 is 2.21 bits per heavy atom. The molecule has 0 aromatic rings. The Morgan fingerprint density at radius 1 is 1.21 bits per heavy atom. The molecule has 1 fully saturated rings. The van der Waals surface area contributed by atoms with E-state index in [1.54, 1.807) is 12.2 Å². The summed E-state index contributed by atoms with van der Waals surface area (Å²) in [6.07, 6.45) is 7.54. The minimum absolute atomic E-state index is 0.0197. The highest BCUT2D eigenvalue weighted by Gasteiger charge is 2.37. The minimum Gasteiger partial charge on any atom is -0.340 e. The van der Waals surface area contributed by atoms with Crippen molar-refractivity contribution < 1.29 is 14.3 Å². The molecule has 0 unspecified atom stereocenters. The van der Waals surface area contributed by atoms with Crippen molar-refractivity contribution in [3.8, 4) is 0 Å². The van der Waals surface area contributed by atoms with E-state index in [9.17, 15) is 4.79 Å². The first-order chi connectivity index (χ1) is 6.60. The van der Waals surface area contributed by atoms with E-state index in [0.29, 0.717) is 0 Å². The number of rotatable bonds is 0. The standard InChI is InChI=1S/C11H14O3/c1-8-7-9(2)14-11(13-8)5-3-10(12)4-6-11/h3-6,8-9H,7H2,1-2H3/t8-,9-/m1/s1. The summed E-state index contributed by atoms with van der Waals surface area (Å²) in [4.78, 5) is 11.0. The van der Waals surface area contributed by atoms with Crippen LogP contribution in [0.4, 0.5) is 0 Å². The molecule has 1 aliphatic carbocycles. The zero-order chi connectivity index (χ0) is 10.2. The number of ketones is 1. The second-order valence-corrected chi connectivity index (χ2v) is 3.88. The Hall–Kier alpha value is -0.930. The molecule has 0 radical (unpaired) electrons. The molecule has 1 spiro atoms. The van der Waals surface area contributed by atoms with Gasteiger partial charge in [0.05, 0.1) is 12.2 Å². The summed E-state index contributed by atoms with van der Waals surface area (Å²) >= 11 is 0. The molecule has 0 saturated carbocycles. The summed E-state index contributed by atoms with van der Waals surface area (Å²) in [6.45, 7) is 4.03. The first-order valence-corrected chi connectivity index (χ1v) is 4.88. The number of ether oxygens (including phenoxy) is 2. The summed E-state index contributed by atoms with van der Waals surface area (Å²) in [5.74, 6) is -0.820. The molecule has 0 N–H and O–H groups in total. The average molecular weight is 194 g/mol. The third-order valence-corrected chi connectivity index (χ3v) is 2.39. The molecule has 3 heteroatoms. The molecular weight excluding hydrogens is 180 g/mol. The second-order valence-electron chi connectivity index (χ2n) is 3.88. The van der Waals surface area contributed by atoms with E-state index in [1.807, 2.05) is 13.8 Å². The Bertz CT molecular complexity index is 276. The van der Waals surface area contributed by atoms with Gasteiger partial charge in [-0.15, -0.1) is 0 Å². The van der Waals surface area contributed by atoms with Gasteiger partial charge < -0.3 is 9.47 Å². The van der Waals surface area contributed by atoms with Gasteiger partial charge in [0, 0.05) is 0 Å². The van der Waals surface area contributed by atoms with Gasteiger partial charge >= 0.3 is 0 Å². The Morgan fingerprint density at radius 2 is 1.71 bits per heavy atom. The van der Waals surface area contributed by atoms with Gasteiger partial charge in [0.25, 0.3) is 0 Å². The lowest BCUT2D eigenvalue weighted by Crippen LogP contribution is -2.45. The van der Waals surface area contributed by atoms with Crippen molar-refractivity contribution in [2.75, 3.05) is 0 Å². The monoisotopic (exact) mass is 194 g/mol. The summed E-state index contributed by atoms with van der Waals surface area (Å²) in [6, 6.07) is 0. The number of allylic oxidation sites excluding steroid dienone is 2. The molecule has 2 rings (SSSR count). The number of carbonyl (C=O) groups is 1. The van der Waals surface area contributed by atoms with Crippen molar-refractivity contribution in [3.63, 3.8) is 0 Å². The maximum atomic E-state index is 11.0. The van der Waals surface area contributed by atoms with E-state index in [0.717, 1.165) is 6.42 Å². The van der Waals surface area contributed by atoms with E-state index in [2.05, 4.69) is 0 Å². The highest BCUT2D eigenvalue weighted by Crippen LogP contribution is 2.31. The lowest BCUT2D eigenvalue weighted by molar-refractivity contribution is -0.259. The molecule has 1 heterocycles. The maximum Gasteiger partial charge on any atom is 0.209 e. The van der Waals surface area contributed by atoms with Crippen molar-refractivity contribution in [1.82, 2.24) is 0 Å². The summed E-state index contributed by atoms with van der Waals surface area (Å²) in [7, 11) is 0. The maximum absolute atomic E-state index is 11.0. The summed E-state index contributed by atoms with van der Waals surface area (Å²) < 4.78 is 11.4. The predicted octanol–water partition coefficient (Wildman–Crippen LogP) is 1.59. The van der Waals surface area contributed by atoms with Gasteiger partial charge in [-0.3, -0.25) is 4.79 Å². The molecule has 1 aliphatic heterocycles. The fraction of sp³-hybridized carbons (Fsp3) is 0.545. The molecule has 0 bridgehead atoms. The van der Waals surface area contributed by atoms with Crippen molar-refractivity contribution in [1.29, 1.82) is 0 Å². The van der Waals surface area contributed by atoms with E-state index >= 15 is 0 Å².